The fourth-order valence-corrected chi connectivity index (χ4v) is 4.36. The van der Waals surface area contributed by atoms with Crippen LogP contribution in [0.1, 0.15) is 27.0 Å². The first-order chi connectivity index (χ1) is 14.5. The van der Waals surface area contributed by atoms with E-state index in [9.17, 15) is 9.59 Å². The second-order valence-electron chi connectivity index (χ2n) is 6.96. The second kappa shape index (κ2) is 7.00. The number of anilines is 2. The third kappa shape index (κ3) is 3.11. The SMILES string of the molecule is CC(=O)c1ccc(NC(=O)c2sc3nc4cc5c(cc4cc3c2N)OCCO5)cc1. The zero-order chi connectivity index (χ0) is 20.8. The molecule has 150 valence electrons. The van der Waals surface area contributed by atoms with E-state index >= 15 is 0 Å². The standard InChI is InChI=1S/C22H17N3O4S/c1-11(26)12-2-4-14(5-3-12)24-21(27)20-19(23)15-8-13-9-17-18(29-7-6-28-17)10-16(13)25-22(15)30-20/h2-5,8-10H,6-7,23H2,1H3,(H,24,27). The van der Waals surface area contributed by atoms with Crippen LogP contribution >= 0.6 is 11.3 Å². The summed E-state index contributed by atoms with van der Waals surface area (Å²) in [7, 11) is 0. The molecular formula is C22H17N3O4S. The summed E-state index contributed by atoms with van der Waals surface area (Å²) in [4.78, 5) is 30.0. The van der Waals surface area contributed by atoms with Crippen molar-refractivity contribution in [2.75, 3.05) is 24.3 Å². The molecule has 1 amide bonds. The number of amides is 1. The predicted octanol–water partition coefficient (Wildman–Crippen LogP) is 4.26. The van der Waals surface area contributed by atoms with Crippen molar-refractivity contribution in [1.29, 1.82) is 0 Å². The number of pyridine rings is 1. The highest BCUT2D eigenvalue weighted by Crippen LogP contribution is 2.39. The van der Waals surface area contributed by atoms with E-state index in [4.69, 9.17) is 15.2 Å². The van der Waals surface area contributed by atoms with Gasteiger partial charge < -0.3 is 20.5 Å². The molecular weight excluding hydrogens is 402 g/mol. The number of Topliss-reactive ketones (excluding diaryl/α,β-unsaturated/α-hetero) is 1. The number of aromatic nitrogens is 1. The normalized spacial score (nSPS) is 12.8. The Balaban J connectivity index is 1.50. The number of nitrogens with zero attached hydrogens (tertiary/aromatic N) is 1. The second-order valence-corrected chi connectivity index (χ2v) is 7.96. The van der Waals surface area contributed by atoms with Crippen molar-refractivity contribution in [3.8, 4) is 11.5 Å². The first-order valence-electron chi connectivity index (χ1n) is 9.34. The molecule has 0 unspecified atom stereocenters. The number of carbonyl (C=O) groups is 2. The number of hydrogen-bond donors (Lipinski definition) is 2. The first kappa shape index (κ1) is 18.4. The number of hydrogen-bond acceptors (Lipinski definition) is 7. The summed E-state index contributed by atoms with van der Waals surface area (Å²) in [6.07, 6.45) is 0. The summed E-state index contributed by atoms with van der Waals surface area (Å²) in [6.45, 7) is 2.51. The van der Waals surface area contributed by atoms with Gasteiger partial charge in [-0.15, -0.1) is 11.3 Å². The zero-order valence-corrected chi connectivity index (χ0v) is 16.8. The van der Waals surface area contributed by atoms with E-state index in [-0.39, 0.29) is 11.7 Å². The van der Waals surface area contributed by atoms with Crippen LogP contribution in [0.25, 0.3) is 21.1 Å². The third-order valence-electron chi connectivity index (χ3n) is 4.93. The highest BCUT2D eigenvalue weighted by molar-refractivity contribution is 7.21. The number of nitrogens with two attached hydrogens (primary N) is 1. The minimum absolute atomic E-state index is 0.0303. The van der Waals surface area contributed by atoms with Gasteiger partial charge in [0, 0.05) is 28.1 Å². The number of nitrogen functional groups attached to an aromatic ring is 1. The molecule has 1 aliphatic rings. The molecule has 1 aliphatic heterocycles. The van der Waals surface area contributed by atoms with Gasteiger partial charge in [-0.05, 0) is 43.3 Å². The van der Waals surface area contributed by atoms with E-state index in [1.54, 1.807) is 24.3 Å². The van der Waals surface area contributed by atoms with Crippen molar-refractivity contribution in [2.45, 2.75) is 6.92 Å². The van der Waals surface area contributed by atoms with Crippen molar-refractivity contribution < 1.29 is 19.1 Å². The number of ether oxygens (including phenoxy) is 2. The van der Waals surface area contributed by atoms with E-state index in [2.05, 4.69) is 10.3 Å². The maximum atomic E-state index is 12.8. The number of rotatable bonds is 3. The molecule has 0 atom stereocenters. The molecule has 3 heterocycles. The molecule has 3 N–H and O–H groups in total. The Bertz CT molecular complexity index is 1330. The summed E-state index contributed by atoms with van der Waals surface area (Å²) in [5, 5.41) is 4.41. The van der Waals surface area contributed by atoms with Crippen molar-refractivity contribution in [1.82, 2.24) is 4.98 Å². The molecule has 0 saturated carbocycles. The Morgan fingerprint density at radius 1 is 1.07 bits per heavy atom. The molecule has 0 saturated heterocycles. The van der Waals surface area contributed by atoms with Crippen LogP contribution in [0.15, 0.2) is 42.5 Å². The van der Waals surface area contributed by atoms with E-state index in [1.165, 1.54) is 18.3 Å². The average molecular weight is 419 g/mol. The lowest BCUT2D eigenvalue weighted by atomic mass is 10.1. The van der Waals surface area contributed by atoms with Gasteiger partial charge in [-0.25, -0.2) is 4.98 Å². The Labute approximate surface area is 175 Å². The molecule has 0 aliphatic carbocycles. The fraction of sp³-hybridized carbons (Fsp3) is 0.136. The van der Waals surface area contributed by atoms with Crippen LogP contribution in [0.5, 0.6) is 11.5 Å². The lowest BCUT2D eigenvalue weighted by Gasteiger charge is -2.18. The third-order valence-corrected chi connectivity index (χ3v) is 6.05. The lowest BCUT2D eigenvalue weighted by molar-refractivity contribution is 0.101. The van der Waals surface area contributed by atoms with Gasteiger partial charge in [-0.3, -0.25) is 9.59 Å². The maximum Gasteiger partial charge on any atom is 0.267 e. The molecule has 8 heteroatoms. The number of fused-ring (bicyclic) bond motifs is 3. The number of ketones is 1. The average Bonchev–Trinajstić information content (AvgIpc) is 3.06. The molecule has 7 nitrogen and oxygen atoms in total. The van der Waals surface area contributed by atoms with Gasteiger partial charge in [0.1, 0.15) is 22.9 Å². The number of benzene rings is 2. The molecule has 2 aromatic heterocycles. The molecule has 0 fully saturated rings. The van der Waals surface area contributed by atoms with E-state index < -0.39 is 0 Å². The molecule has 0 spiro atoms. The Morgan fingerprint density at radius 3 is 2.47 bits per heavy atom. The number of nitrogens with one attached hydrogen (secondary N) is 1. The number of carbonyl (C=O) groups excluding carboxylic acids is 2. The lowest BCUT2D eigenvalue weighted by Crippen LogP contribution is -2.15. The van der Waals surface area contributed by atoms with Gasteiger partial charge >= 0.3 is 0 Å². The smallest absolute Gasteiger partial charge is 0.267 e. The van der Waals surface area contributed by atoms with E-state index in [0.717, 1.165) is 16.3 Å². The van der Waals surface area contributed by atoms with Crippen molar-refractivity contribution in [3.63, 3.8) is 0 Å². The van der Waals surface area contributed by atoms with Gasteiger partial charge in [0.25, 0.3) is 5.91 Å². The van der Waals surface area contributed by atoms with Crippen LogP contribution < -0.4 is 20.5 Å². The molecule has 30 heavy (non-hydrogen) atoms. The van der Waals surface area contributed by atoms with Gasteiger partial charge in [-0.2, -0.15) is 0 Å². The quantitative estimate of drug-likeness (QED) is 0.481. The maximum absolute atomic E-state index is 12.8. The summed E-state index contributed by atoms with van der Waals surface area (Å²) < 4.78 is 11.3. The highest BCUT2D eigenvalue weighted by Gasteiger charge is 2.20. The first-order valence-corrected chi connectivity index (χ1v) is 10.2. The number of thiophene rings is 1. The van der Waals surface area contributed by atoms with E-state index in [1.807, 2.05) is 18.2 Å². The van der Waals surface area contributed by atoms with Gasteiger partial charge in [0.05, 0.1) is 11.2 Å². The molecule has 0 radical (unpaired) electrons. The van der Waals surface area contributed by atoms with Crippen LogP contribution in [-0.2, 0) is 0 Å². The molecule has 2 aromatic carbocycles. The largest absolute Gasteiger partial charge is 0.486 e. The highest BCUT2D eigenvalue weighted by atomic mass is 32.1. The Kier molecular flexibility index (Phi) is 4.29. The van der Waals surface area contributed by atoms with Crippen LogP contribution in [-0.4, -0.2) is 29.9 Å². The Hall–Kier alpha value is -3.65. The van der Waals surface area contributed by atoms with Gasteiger partial charge in [-0.1, -0.05) is 0 Å². The molecule has 0 bridgehead atoms. The van der Waals surface area contributed by atoms with Gasteiger partial charge in [0.15, 0.2) is 17.3 Å². The minimum atomic E-state index is -0.318. The summed E-state index contributed by atoms with van der Waals surface area (Å²) >= 11 is 1.24. The van der Waals surface area contributed by atoms with Crippen LogP contribution in [0, 0.1) is 0 Å². The fourth-order valence-electron chi connectivity index (χ4n) is 3.38. The summed E-state index contributed by atoms with van der Waals surface area (Å²) in [5.74, 6) is 0.992. The summed E-state index contributed by atoms with van der Waals surface area (Å²) in [5.41, 5.74) is 8.60. The predicted molar refractivity (Wildman–Crippen MR) is 117 cm³/mol. The van der Waals surface area contributed by atoms with Crippen molar-refractivity contribution in [3.05, 3.63) is 52.9 Å². The van der Waals surface area contributed by atoms with Crippen LogP contribution in [0.4, 0.5) is 11.4 Å². The summed E-state index contributed by atoms with van der Waals surface area (Å²) in [6, 6.07) is 12.4. The minimum Gasteiger partial charge on any atom is -0.486 e. The molecule has 4 aromatic rings. The Morgan fingerprint density at radius 2 is 1.77 bits per heavy atom. The topological polar surface area (TPSA) is 104 Å². The van der Waals surface area contributed by atoms with Crippen LogP contribution in [0.2, 0.25) is 0 Å². The molecule has 5 rings (SSSR count). The van der Waals surface area contributed by atoms with Crippen molar-refractivity contribution >= 4 is 55.5 Å². The van der Waals surface area contributed by atoms with Crippen LogP contribution in [0.3, 0.4) is 0 Å². The van der Waals surface area contributed by atoms with Gasteiger partial charge in [0.2, 0.25) is 0 Å². The monoisotopic (exact) mass is 419 g/mol. The van der Waals surface area contributed by atoms with E-state index in [0.29, 0.717) is 51.4 Å². The van der Waals surface area contributed by atoms with Crippen molar-refractivity contribution in [2.24, 2.45) is 0 Å². The zero-order valence-electron chi connectivity index (χ0n) is 16.0.